The summed E-state index contributed by atoms with van der Waals surface area (Å²) in [6.45, 7) is 8.67. The molecule has 128 valence electrons. The molecular formula is C19H30N2O2. The van der Waals surface area contributed by atoms with Gasteiger partial charge in [0.25, 0.3) is 0 Å². The first-order valence-corrected chi connectivity index (χ1v) is 9.13. The van der Waals surface area contributed by atoms with Gasteiger partial charge in [0.05, 0.1) is 12.8 Å². The molecule has 0 radical (unpaired) electrons. The molecular weight excluding hydrogens is 288 g/mol. The van der Waals surface area contributed by atoms with Crippen LogP contribution < -0.4 is 5.32 Å². The number of rotatable bonds is 6. The van der Waals surface area contributed by atoms with Gasteiger partial charge in [0, 0.05) is 26.1 Å². The lowest BCUT2D eigenvalue weighted by Gasteiger charge is -2.47. The lowest BCUT2D eigenvalue weighted by molar-refractivity contribution is -0.124. The third-order valence-corrected chi connectivity index (χ3v) is 5.43. The highest BCUT2D eigenvalue weighted by molar-refractivity contribution is 5.76. The summed E-state index contributed by atoms with van der Waals surface area (Å²) in [5, 5.41) is 3.02. The third-order valence-electron chi connectivity index (χ3n) is 5.43. The normalized spacial score (nSPS) is 28.0. The van der Waals surface area contributed by atoms with Crippen molar-refractivity contribution < 1.29 is 9.21 Å². The Hall–Kier alpha value is -1.29. The Balaban J connectivity index is 1.52. The van der Waals surface area contributed by atoms with Crippen LogP contribution in [-0.4, -0.2) is 30.4 Å². The van der Waals surface area contributed by atoms with E-state index in [-0.39, 0.29) is 5.91 Å². The Labute approximate surface area is 139 Å². The molecule has 2 aliphatic rings. The van der Waals surface area contributed by atoms with Crippen molar-refractivity contribution in [1.29, 1.82) is 0 Å². The number of carbonyl (C=O) groups is 1. The molecule has 2 atom stereocenters. The Bertz CT molecular complexity index is 483. The van der Waals surface area contributed by atoms with Gasteiger partial charge in [-0.2, -0.15) is 0 Å². The summed E-state index contributed by atoms with van der Waals surface area (Å²) < 4.78 is 5.28. The summed E-state index contributed by atoms with van der Waals surface area (Å²) in [6, 6.07) is 3.76. The number of furan rings is 1. The van der Waals surface area contributed by atoms with Gasteiger partial charge < -0.3 is 14.6 Å². The van der Waals surface area contributed by atoms with Crippen LogP contribution >= 0.6 is 0 Å². The average Bonchev–Trinajstić information content (AvgIpc) is 2.98. The molecule has 0 aromatic carbocycles. The maximum atomic E-state index is 12.3. The summed E-state index contributed by atoms with van der Waals surface area (Å²) in [7, 11) is 0. The highest BCUT2D eigenvalue weighted by atomic mass is 16.3. The van der Waals surface area contributed by atoms with E-state index in [1.54, 1.807) is 6.26 Å². The second kappa shape index (κ2) is 7.52. The number of hydrogen-bond donors (Lipinski definition) is 1. The van der Waals surface area contributed by atoms with E-state index in [1.807, 2.05) is 12.1 Å². The van der Waals surface area contributed by atoms with E-state index in [4.69, 9.17) is 4.42 Å². The zero-order valence-electron chi connectivity index (χ0n) is 14.5. The largest absolute Gasteiger partial charge is 0.467 e. The quantitative estimate of drug-likeness (QED) is 0.875. The zero-order chi connectivity index (χ0) is 16.2. The monoisotopic (exact) mass is 318 g/mol. The van der Waals surface area contributed by atoms with Crippen molar-refractivity contribution in [2.24, 2.45) is 23.7 Å². The molecule has 1 N–H and O–H groups in total. The fourth-order valence-corrected chi connectivity index (χ4v) is 4.53. The van der Waals surface area contributed by atoms with Gasteiger partial charge in [-0.15, -0.1) is 0 Å². The number of likely N-dealkylation sites (tertiary alicyclic amines) is 1. The van der Waals surface area contributed by atoms with E-state index >= 15 is 0 Å². The van der Waals surface area contributed by atoms with Crippen LogP contribution in [0.1, 0.15) is 45.3 Å². The number of hydrogen-bond acceptors (Lipinski definition) is 3. The topological polar surface area (TPSA) is 45.5 Å². The van der Waals surface area contributed by atoms with Gasteiger partial charge in [0.15, 0.2) is 0 Å². The van der Waals surface area contributed by atoms with E-state index in [0.717, 1.165) is 11.7 Å². The number of nitrogens with one attached hydrogen (secondary N) is 1. The first-order chi connectivity index (χ1) is 11.1. The smallest absolute Gasteiger partial charge is 0.220 e. The van der Waals surface area contributed by atoms with Crippen LogP contribution in [0.4, 0.5) is 0 Å². The second-order valence-corrected chi connectivity index (χ2v) is 7.79. The van der Waals surface area contributed by atoms with Crippen molar-refractivity contribution in [3.63, 3.8) is 0 Å². The van der Waals surface area contributed by atoms with Crippen molar-refractivity contribution in [2.45, 2.75) is 46.1 Å². The third kappa shape index (κ3) is 4.37. The molecule has 1 saturated carbocycles. The molecule has 1 amide bonds. The van der Waals surface area contributed by atoms with Crippen LogP contribution in [0.25, 0.3) is 0 Å². The summed E-state index contributed by atoms with van der Waals surface area (Å²) in [5.41, 5.74) is 0. The van der Waals surface area contributed by atoms with Gasteiger partial charge in [-0.3, -0.25) is 4.79 Å². The molecule has 2 unspecified atom stereocenters. The predicted octanol–water partition coefficient (Wildman–Crippen LogP) is 3.29. The highest BCUT2D eigenvalue weighted by Gasteiger charge is 2.40. The molecule has 23 heavy (non-hydrogen) atoms. The minimum absolute atomic E-state index is 0.181. The molecule has 4 nitrogen and oxygen atoms in total. The minimum Gasteiger partial charge on any atom is -0.467 e. The maximum Gasteiger partial charge on any atom is 0.220 e. The van der Waals surface area contributed by atoms with E-state index in [0.29, 0.717) is 30.7 Å². The van der Waals surface area contributed by atoms with Gasteiger partial charge in [-0.25, -0.2) is 0 Å². The van der Waals surface area contributed by atoms with Crippen molar-refractivity contribution in [3.05, 3.63) is 24.2 Å². The number of nitrogens with zero attached hydrogens (tertiary/aromatic N) is 1. The van der Waals surface area contributed by atoms with Crippen LogP contribution in [0.5, 0.6) is 0 Å². The minimum atomic E-state index is 0.181. The van der Waals surface area contributed by atoms with Gasteiger partial charge in [-0.1, -0.05) is 20.3 Å². The Morgan fingerprint density at radius 3 is 2.70 bits per heavy atom. The first-order valence-electron chi connectivity index (χ1n) is 9.13. The Kier molecular flexibility index (Phi) is 5.42. The molecule has 2 bridgehead atoms. The van der Waals surface area contributed by atoms with Crippen LogP contribution in [0.15, 0.2) is 22.8 Å². The molecule has 1 saturated heterocycles. The first kappa shape index (κ1) is 16.6. The molecule has 2 fully saturated rings. The number of amides is 1. The summed E-state index contributed by atoms with van der Waals surface area (Å²) in [5.74, 6) is 3.71. The summed E-state index contributed by atoms with van der Waals surface area (Å²) in [4.78, 5) is 15.0. The number of carbonyl (C=O) groups excluding carboxylic acids is 1. The van der Waals surface area contributed by atoms with Crippen LogP contribution in [0.3, 0.4) is 0 Å². The molecule has 1 aliphatic carbocycles. The summed E-state index contributed by atoms with van der Waals surface area (Å²) >= 11 is 0. The van der Waals surface area contributed by atoms with Gasteiger partial charge in [0.2, 0.25) is 5.91 Å². The lowest BCUT2D eigenvalue weighted by atomic mass is 9.67. The lowest BCUT2D eigenvalue weighted by Crippen LogP contribution is -2.50. The molecule has 1 aromatic rings. The number of fused-ring (bicyclic) bond motifs is 2. The SMILES string of the molecule is CC(C)CN1CC2CCCC(C1)C2CC(=O)NCc1ccco1. The molecule has 2 heterocycles. The molecule has 1 aliphatic heterocycles. The number of piperidine rings is 1. The highest BCUT2D eigenvalue weighted by Crippen LogP contribution is 2.41. The van der Waals surface area contributed by atoms with Crippen molar-refractivity contribution >= 4 is 5.91 Å². The van der Waals surface area contributed by atoms with Crippen molar-refractivity contribution in [2.75, 3.05) is 19.6 Å². The van der Waals surface area contributed by atoms with Crippen molar-refractivity contribution in [1.82, 2.24) is 10.2 Å². The predicted molar refractivity (Wildman–Crippen MR) is 90.8 cm³/mol. The van der Waals surface area contributed by atoms with E-state index < -0.39 is 0 Å². The van der Waals surface area contributed by atoms with Gasteiger partial charge in [-0.05, 0) is 48.6 Å². The van der Waals surface area contributed by atoms with Crippen molar-refractivity contribution in [3.8, 4) is 0 Å². The van der Waals surface area contributed by atoms with Gasteiger partial charge >= 0.3 is 0 Å². The molecule has 4 heteroatoms. The molecule has 3 rings (SSSR count). The van der Waals surface area contributed by atoms with Gasteiger partial charge in [0.1, 0.15) is 5.76 Å². The average molecular weight is 318 g/mol. The fraction of sp³-hybridized carbons (Fsp3) is 0.737. The Morgan fingerprint density at radius 2 is 2.09 bits per heavy atom. The van der Waals surface area contributed by atoms with Crippen LogP contribution in [-0.2, 0) is 11.3 Å². The second-order valence-electron chi connectivity index (χ2n) is 7.79. The van der Waals surface area contributed by atoms with Crippen LogP contribution in [0, 0.1) is 23.7 Å². The molecule has 0 spiro atoms. The summed E-state index contributed by atoms with van der Waals surface area (Å²) in [6.07, 6.45) is 6.26. The van der Waals surface area contributed by atoms with E-state index in [9.17, 15) is 4.79 Å². The van der Waals surface area contributed by atoms with E-state index in [1.165, 1.54) is 38.9 Å². The maximum absolute atomic E-state index is 12.3. The Morgan fingerprint density at radius 1 is 1.35 bits per heavy atom. The molecule has 1 aromatic heterocycles. The fourth-order valence-electron chi connectivity index (χ4n) is 4.53. The van der Waals surface area contributed by atoms with E-state index in [2.05, 4.69) is 24.1 Å². The zero-order valence-corrected chi connectivity index (χ0v) is 14.5. The standard InChI is InChI=1S/C19H30N2O2/c1-14(2)11-21-12-15-5-3-6-16(13-21)18(15)9-19(22)20-10-17-7-4-8-23-17/h4,7-8,14-16,18H,3,5-6,9-13H2,1-2H3,(H,20,22). The van der Waals surface area contributed by atoms with Crippen LogP contribution in [0.2, 0.25) is 0 Å².